The SMILES string of the molecule is O=C1NC(=O)C(Cc2ccc(OCCC3OC=CO3)cc2)S1. The maximum absolute atomic E-state index is 11.5. The van der Waals surface area contributed by atoms with E-state index < -0.39 is 0 Å². The minimum atomic E-state index is -0.344. The van der Waals surface area contributed by atoms with E-state index in [1.54, 1.807) is 0 Å². The van der Waals surface area contributed by atoms with Crippen molar-refractivity contribution in [2.75, 3.05) is 6.61 Å². The van der Waals surface area contributed by atoms with E-state index in [0.717, 1.165) is 23.1 Å². The van der Waals surface area contributed by atoms with Gasteiger partial charge in [-0.25, -0.2) is 0 Å². The van der Waals surface area contributed by atoms with E-state index in [0.29, 0.717) is 19.4 Å². The molecule has 2 amide bonds. The number of rotatable bonds is 6. The minimum absolute atomic E-state index is 0.222. The van der Waals surface area contributed by atoms with Crippen LogP contribution in [0.1, 0.15) is 12.0 Å². The average molecular weight is 321 g/mol. The summed E-state index contributed by atoms with van der Waals surface area (Å²) < 4.78 is 15.9. The second-order valence-corrected chi connectivity index (χ2v) is 6.02. The predicted molar refractivity (Wildman–Crippen MR) is 80.3 cm³/mol. The summed E-state index contributed by atoms with van der Waals surface area (Å²) in [4.78, 5) is 22.6. The summed E-state index contributed by atoms with van der Waals surface area (Å²) in [5.41, 5.74) is 0.987. The van der Waals surface area contributed by atoms with Crippen molar-refractivity contribution in [2.24, 2.45) is 0 Å². The number of imide groups is 1. The highest BCUT2D eigenvalue weighted by Crippen LogP contribution is 2.24. The second-order valence-electron chi connectivity index (χ2n) is 4.84. The molecule has 22 heavy (non-hydrogen) atoms. The lowest BCUT2D eigenvalue weighted by Gasteiger charge is -2.11. The number of hydrogen-bond acceptors (Lipinski definition) is 6. The van der Waals surface area contributed by atoms with Crippen molar-refractivity contribution < 1.29 is 23.8 Å². The normalized spacial score (nSPS) is 20.6. The van der Waals surface area contributed by atoms with E-state index in [-0.39, 0.29) is 22.7 Å². The van der Waals surface area contributed by atoms with Gasteiger partial charge in [-0.2, -0.15) is 0 Å². The molecule has 116 valence electrons. The van der Waals surface area contributed by atoms with E-state index >= 15 is 0 Å². The highest BCUT2D eigenvalue weighted by molar-refractivity contribution is 8.15. The monoisotopic (exact) mass is 321 g/mol. The van der Waals surface area contributed by atoms with Crippen molar-refractivity contribution in [3.63, 3.8) is 0 Å². The van der Waals surface area contributed by atoms with E-state index in [1.807, 2.05) is 24.3 Å². The first kappa shape index (κ1) is 14.8. The van der Waals surface area contributed by atoms with Crippen molar-refractivity contribution in [3.8, 4) is 5.75 Å². The smallest absolute Gasteiger partial charge is 0.286 e. The number of ether oxygens (including phenoxy) is 3. The van der Waals surface area contributed by atoms with Crippen LogP contribution in [0, 0.1) is 0 Å². The van der Waals surface area contributed by atoms with Crippen molar-refractivity contribution in [1.82, 2.24) is 5.32 Å². The van der Waals surface area contributed by atoms with Crippen molar-refractivity contribution in [3.05, 3.63) is 42.4 Å². The van der Waals surface area contributed by atoms with Gasteiger partial charge in [0.25, 0.3) is 5.24 Å². The van der Waals surface area contributed by atoms with Gasteiger partial charge in [0.2, 0.25) is 12.2 Å². The third-order valence-corrected chi connectivity index (χ3v) is 4.23. The van der Waals surface area contributed by atoms with Gasteiger partial charge in [0.15, 0.2) is 0 Å². The minimum Gasteiger partial charge on any atom is -0.493 e. The molecule has 1 atom stereocenters. The molecule has 1 saturated heterocycles. The van der Waals surface area contributed by atoms with Gasteiger partial charge in [0.1, 0.15) is 18.3 Å². The molecule has 0 bridgehead atoms. The molecule has 3 rings (SSSR count). The standard InChI is InChI=1S/C15H15NO5S/c17-14-12(22-15(18)16-14)9-10-1-3-11(4-2-10)19-6-5-13-20-7-8-21-13/h1-4,7-8,12-13H,5-6,9H2,(H,16,17,18). The van der Waals surface area contributed by atoms with Crippen LogP contribution in [0.4, 0.5) is 4.79 Å². The molecule has 1 aromatic rings. The summed E-state index contributed by atoms with van der Waals surface area (Å²) >= 11 is 1.04. The number of benzene rings is 1. The Balaban J connectivity index is 1.45. The molecule has 2 aliphatic heterocycles. The summed E-state index contributed by atoms with van der Waals surface area (Å²) in [6, 6.07) is 7.50. The highest BCUT2D eigenvalue weighted by Gasteiger charge is 2.31. The molecule has 0 radical (unpaired) electrons. The second kappa shape index (κ2) is 6.74. The van der Waals surface area contributed by atoms with Crippen molar-refractivity contribution in [1.29, 1.82) is 0 Å². The maximum Gasteiger partial charge on any atom is 0.286 e. The van der Waals surface area contributed by atoms with Gasteiger partial charge in [0.05, 0.1) is 18.3 Å². The molecule has 0 saturated carbocycles. The Labute approximate surface area is 131 Å². The van der Waals surface area contributed by atoms with E-state index in [1.165, 1.54) is 12.5 Å². The van der Waals surface area contributed by atoms with Crippen LogP contribution in [0.2, 0.25) is 0 Å². The third-order valence-electron chi connectivity index (χ3n) is 3.25. The highest BCUT2D eigenvalue weighted by atomic mass is 32.2. The van der Waals surface area contributed by atoms with Crippen LogP contribution in [-0.2, 0) is 20.7 Å². The molecular formula is C15H15NO5S. The Hall–Kier alpha value is -2.15. The summed E-state index contributed by atoms with van der Waals surface area (Å²) in [6.45, 7) is 0.487. The lowest BCUT2D eigenvalue weighted by molar-refractivity contribution is -0.118. The largest absolute Gasteiger partial charge is 0.493 e. The maximum atomic E-state index is 11.5. The molecule has 1 fully saturated rings. The number of carbonyl (C=O) groups is 2. The molecule has 1 aromatic carbocycles. The molecule has 2 aliphatic rings. The number of nitrogens with one attached hydrogen (secondary N) is 1. The van der Waals surface area contributed by atoms with Crippen molar-refractivity contribution >= 4 is 22.9 Å². The van der Waals surface area contributed by atoms with Gasteiger partial charge in [-0.15, -0.1) is 0 Å². The quantitative estimate of drug-likeness (QED) is 0.866. The van der Waals surface area contributed by atoms with E-state index in [2.05, 4.69) is 5.32 Å². The molecule has 7 heteroatoms. The molecule has 0 aromatic heterocycles. The fraction of sp³-hybridized carbons (Fsp3) is 0.333. The van der Waals surface area contributed by atoms with Crippen LogP contribution in [0.3, 0.4) is 0 Å². The van der Waals surface area contributed by atoms with E-state index in [9.17, 15) is 9.59 Å². The predicted octanol–water partition coefficient (Wildman–Crippen LogP) is 2.19. The fourth-order valence-corrected chi connectivity index (χ4v) is 3.00. The zero-order valence-corrected chi connectivity index (χ0v) is 12.5. The molecule has 2 heterocycles. The fourth-order valence-electron chi connectivity index (χ4n) is 2.14. The summed E-state index contributed by atoms with van der Waals surface area (Å²) in [7, 11) is 0. The number of thioether (sulfide) groups is 1. The molecule has 0 aliphatic carbocycles. The number of hydrogen-bond donors (Lipinski definition) is 1. The Kier molecular flexibility index (Phi) is 4.53. The van der Waals surface area contributed by atoms with Gasteiger partial charge in [-0.3, -0.25) is 14.9 Å². The summed E-state index contributed by atoms with van der Waals surface area (Å²) in [5.74, 6) is 0.523. The Morgan fingerprint density at radius 2 is 1.86 bits per heavy atom. The molecule has 6 nitrogen and oxygen atoms in total. The Morgan fingerprint density at radius 1 is 1.14 bits per heavy atom. The van der Waals surface area contributed by atoms with Crippen molar-refractivity contribution in [2.45, 2.75) is 24.4 Å². The van der Waals surface area contributed by atoms with Gasteiger partial charge < -0.3 is 14.2 Å². The first-order valence-electron chi connectivity index (χ1n) is 6.90. The van der Waals surface area contributed by atoms with Crippen LogP contribution in [0.5, 0.6) is 5.75 Å². The van der Waals surface area contributed by atoms with E-state index in [4.69, 9.17) is 14.2 Å². The number of amides is 2. The molecule has 1 unspecified atom stereocenters. The molecule has 0 spiro atoms. The topological polar surface area (TPSA) is 73.9 Å². The van der Waals surface area contributed by atoms with Gasteiger partial charge in [-0.1, -0.05) is 23.9 Å². The first-order chi connectivity index (χ1) is 10.7. The average Bonchev–Trinajstić information content (AvgIpc) is 3.11. The molecular weight excluding hydrogens is 306 g/mol. The Morgan fingerprint density at radius 3 is 2.50 bits per heavy atom. The Bertz CT molecular complexity index is 578. The first-order valence-corrected chi connectivity index (χ1v) is 7.78. The van der Waals surface area contributed by atoms with Crippen LogP contribution in [0.25, 0.3) is 0 Å². The van der Waals surface area contributed by atoms with Gasteiger partial charge in [0, 0.05) is 0 Å². The van der Waals surface area contributed by atoms with Crippen LogP contribution in [-0.4, -0.2) is 29.3 Å². The van der Waals surface area contributed by atoms with Gasteiger partial charge >= 0.3 is 0 Å². The third kappa shape index (κ3) is 3.73. The molecule has 1 N–H and O–H groups in total. The number of carbonyl (C=O) groups excluding carboxylic acids is 2. The van der Waals surface area contributed by atoms with Crippen LogP contribution < -0.4 is 10.1 Å². The lowest BCUT2D eigenvalue weighted by Crippen LogP contribution is -2.25. The van der Waals surface area contributed by atoms with Crippen LogP contribution >= 0.6 is 11.8 Å². The zero-order chi connectivity index (χ0) is 15.4. The summed E-state index contributed by atoms with van der Waals surface area (Å²) in [5, 5.41) is 1.66. The van der Waals surface area contributed by atoms with Gasteiger partial charge in [-0.05, 0) is 24.1 Å². The summed E-state index contributed by atoms with van der Waals surface area (Å²) in [6.07, 6.45) is 3.92. The van der Waals surface area contributed by atoms with Crippen LogP contribution in [0.15, 0.2) is 36.8 Å². The lowest BCUT2D eigenvalue weighted by atomic mass is 10.1. The zero-order valence-electron chi connectivity index (χ0n) is 11.7.